The summed E-state index contributed by atoms with van der Waals surface area (Å²) in [5.41, 5.74) is 5.54. The first kappa shape index (κ1) is 12.5. The standard InChI is InChI=1S/C10H19N5O/c1-12-8-7-9(14-10(11)13-8)16-6-4-5-15(2)3/h7H,4-6H2,1-3H3,(H3,11,12,13,14). The van der Waals surface area contributed by atoms with Gasteiger partial charge in [0.05, 0.1) is 6.61 Å². The van der Waals surface area contributed by atoms with Crippen molar-refractivity contribution in [1.82, 2.24) is 14.9 Å². The zero-order valence-electron chi connectivity index (χ0n) is 10.0. The normalized spacial score (nSPS) is 10.5. The number of nitrogens with zero attached hydrogens (tertiary/aromatic N) is 3. The molecule has 16 heavy (non-hydrogen) atoms. The predicted octanol–water partition coefficient (Wildman–Crippen LogP) is 0.431. The highest BCUT2D eigenvalue weighted by Crippen LogP contribution is 2.13. The Balaban J connectivity index is 2.44. The SMILES string of the molecule is CNc1cc(OCCCN(C)C)nc(N)n1. The second kappa shape index (κ2) is 6.12. The summed E-state index contributed by atoms with van der Waals surface area (Å²) in [6, 6.07) is 1.73. The van der Waals surface area contributed by atoms with Crippen molar-refractivity contribution in [2.75, 3.05) is 45.3 Å². The van der Waals surface area contributed by atoms with Crippen LogP contribution in [0.2, 0.25) is 0 Å². The monoisotopic (exact) mass is 225 g/mol. The Morgan fingerprint density at radius 1 is 1.44 bits per heavy atom. The van der Waals surface area contributed by atoms with Gasteiger partial charge >= 0.3 is 0 Å². The van der Waals surface area contributed by atoms with Crippen molar-refractivity contribution in [2.45, 2.75) is 6.42 Å². The van der Waals surface area contributed by atoms with Crippen LogP contribution in [-0.2, 0) is 0 Å². The third-order valence-corrected chi connectivity index (χ3v) is 1.98. The van der Waals surface area contributed by atoms with Crippen LogP contribution in [0, 0.1) is 0 Å². The first-order valence-corrected chi connectivity index (χ1v) is 5.21. The summed E-state index contributed by atoms with van der Waals surface area (Å²) in [5.74, 6) is 1.39. The van der Waals surface area contributed by atoms with Crippen LogP contribution in [0.1, 0.15) is 6.42 Å². The Hall–Kier alpha value is -1.56. The van der Waals surface area contributed by atoms with Crippen LogP contribution < -0.4 is 15.8 Å². The minimum absolute atomic E-state index is 0.217. The molecule has 1 aromatic rings. The van der Waals surface area contributed by atoms with Crippen LogP contribution in [0.4, 0.5) is 11.8 Å². The van der Waals surface area contributed by atoms with Crippen LogP contribution in [0.3, 0.4) is 0 Å². The number of anilines is 2. The van der Waals surface area contributed by atoms with E-state index in [0.29, 0.717) is 18.3 Å². The van der Waals surface area contributed by atoms with Crippen LogP contribution in [0.15, 0.2) is 6.07 Å². The van der Waals surface area contributed by atoms with Gasteiger partial charge in [-0.15, -0.1) is 0 Å². The molecule has 90 valence electrons. The Morgan fingerprint density at radius 2 is 2.19 bits per heavy atom. The molecule has 1 heterocycles. The van der Waals surface area contributed by atoms with E-state index in [0.717, 1.165) is 13.0 Å². The van der Waals surface area contributed by atoms with Gasteiger partial charge in [-0.3, -0.25) is 0 Å². The fourth-order valence-electron chi connectivity index (χ4n) is 1.20. The molecule has 1 rings (SSSR count). The largest absolute Gasteiger partial charge is 0.477 e. The molecule has 0 aromatic carbocycles. The minimum atomic E-state index is 0.217. The summed E-state index contributed by atoms with van der Waals surface area (Å²) in [6.45, 7) is 1.61. The summed E-state index contributed by atoms with van der Waals surface area (Å²) >= 11 is 0. The maximum atomic E-state index is 5.54. The maximum absolute atomic E-state index is 5.54. The lowest BCUT2D eigenvalue weighted by molar-refractivity contribution is 0.273. The molecule has 0 unspecified atom stereocenters. The number of aromatic nitrogens is 2. The second-order valence-electron chi connectivity index (χ2n) is 3.70. The molecule has 0 radical (unpaired) electrons. The molecule has 0 amide bonds. The molecular formula is C10H19N5O. The van der Waals surface area contributed by atoms with Crippen molar-refractivity contribution in [3.8, 4) is 5.88 Å². The van der Waals surface area contributed by atoms with Crippen molar-refractivity contribution in [3.05, 3.63) is 6.07 Å². The molecular weight excluding hydrogens is 206 g/mol. The fraction of sp³-hybridized carbons (Fsp3) is 0.600. The Morgan fingerprint density at radius 3 is 2.81 bits per heavy atom. The Kier molecular flexibility index (Phi) is 4.78. The first-order valence-electron chi connectivity index (χ1n) is 5.21. The highest BCUT2D eigenvalue weighted by atomic mass is 16.5. The molecule has 0 spiro atoms. The van der Waals surface area contributed by atoms with E-state index in [1.54, 1.807) is 13.1 Å². The lowest BCUT2D eigenvalue weighted by Crippen LogP contribution is -2.16. The van der Waals surface area contributed by atoms with E-state index in [9.17, 15) is 0 Å². The smallest absolute Gasteiger partial charge is 0.225 e. The maximum Gasteiger partial charge on any atom is 0.225 e. The van der Waals surface area contributed by atoms with E-state index < -0.39 is 0 Å². The Labute approximate surface area is 95.8 Å². The number of ether oxygens (including phenoxy) is 1. The zero-order chi connectivity index (χ0) is 12.0. The van der Waals surface area contributed by atoms with Crippen LogP contribution in [0.25, 0.3) is 0 Å². The third-order valence-electron chi connectivity index (χ3n) is 1.98. The van der Waals surface area contributed by atoms with Gasteiger partial charge in [-0.1, -0.05) is 0 Å². The van der Waals surface area contributed by atoms with Crippen molar-refractivity contribution in [3.63, 3.8) is 0 Å². The third kappa shape index (κ3) is 4.31. The highest BCUT2D eigenvalue weighted by Gasteiger charge is 2.01. The van der Waals surface area contributed by atoms with Gasteiger partial charge in [0.25, 0.3) is 0 Å². The molecule has 0 aliphatic heterocycles. The van der Waals surface area contributed by atoms with Gasteiger partial charge in [0.2, 0.25) is 11.8 Å². The van der Waals surface area contributed by atoms with Gasteiger partial charge in [-0.25, -0.2) is 0 Å². The lowest BCUT2D eigenvalue weighted by Gasteiger charge is -2.10. The molecule has 1 aromatic heterocycles. The zero-order valence-corrected chi connectivity index (χ0v) is 10.0. The van der Waals surface area contributed by atoms with E-state index in [2.05, 4.69) is 20.2 Å². The van der Waals surface area contributed by atoms with Crippen molar-refractivity contribution < 1.29 is 4.74 Å². The summed E-state index contributed by atoms with van der Waals surface area (Å²) in [6.07, 6.45) is 0.950. The first-order chi connectivity index (χ1) is 7.61. The molecule has 0 fully saturated rings. The topological polar surface area (TPSA) is 76.3 Å². The van der Waals surface area contributed by atoms with Crippen molar-refractivity contribution in [1.29, 1.82) is 0 Å². The van der Waals surface area contributed by atoms with E-state index in [1.807, 2.05) is 14.1 Å². The van der Waals surface area contributed by atoms with Crippen LogP contribution in [0.5, 0.6) is 5.88 Å². The summed E-state index contributed by atoms with van der Waals surface area (Å²) in [4.78, 5) is 10.1. The predicted molar refractivity (Wildman–Crippen MR) is 64.7 cm³/mol. The minimum Gasteiger partial charge on any atom is -0.477 e. The number of hydrogen-bond acceptors (Lipinski definition) is 6. The van der Waals surface area contributed by atoms with Gasteiger partial charge in [0, 0.05) is 19.7 Å². The lowest BCUT2D eigenvalue weighted by atomic mass is 10.4. The van der Waals surface area contributed by atoms with Crippen molar-refractivity contribution >= 4 is 11.8 Å². The molecule has 3 N–H and O–H groups in total. The van der Waals surface area contributed by atoms with E-state index in [4.69, 9.17) is 10.5 Å². The number of nitrogen functional groups attached to an aromatic ring is 1. The molecule has 0 aliphatic carbocycles. The number of hydrogen-bond donors (Lipinski definition) is 2. The average Bonchev–Trinajstić information content (AvgIpc) is 2.23. The summed E-state index contributed by atoms with van der Waals surface area (Å²) in [5, 5.41) is 2.90. The number of rotatable bonds is 6. The quantitative estimate of drug-likeness (QED) is 0.684. The molecule has 0 saturated heterocycles. The molecule has 6 heteroatoms. The summed E-state index contributed by atoms with van der Waals surface area (Å²) < 4.78 is 5.48. The van der Waals surface area contributed by atoms with E-state index in [1.165, 1.54) is 0 Å². The fourth-order valence-corrected chi connectivity index (χ4v) is 1.20. The van der Waals surface area contributed by atoms with Gasteiger partial charge in [0.15, 0.2) is 0 Å². The summed E-state index contributed by atoms with van der Waals surface area (Å²) in [7, 11) is 5.83. The molecule has 0 aliphatic rings. The van der Waals surface area contributed by atoms with Gasteiger partial charge in [-0.2, -0.15) is 9.97 Å². The van der Waals surface area contributed by atoms with E-state index >= 15 is 0 Å². The average molecular weight is 225 g/mol. The molecule has 0 atom stereocenters. The highest BCUT2D eigenvalue weighted by molar-refractivity contribution is 5.41. The second-order valence-corrected chi connectivity index (χ2v) is 3.70. The van der Waals surface area contributed by atoms with Gasteiger partial charge in [-0.05, 0) is 20.5 Å². The molecule has 0 saturated carbocycles. The van der Waals surface area contributed by atoms with Gasteiger partial charge < -0.3 is 20.7 Å². The number of nitrogens with two attached hydrogens (primary N) is 1. The van der Waals surface area contributed by atoms with Crippen LogP contribution in [-0.4, -0.2) is 49.2 Å². The van der Waals surface area contributed by atoms with Gasteiger partial charge in [0.1, 0.15) is 5.82 Å². The van der Waals surface area contributed by atoms with E-state index in [-0.39, 0.29) is 5.95 Å². The molecule has 6 nitrogen and oxygen atoms in total. The van der Waals surface area contributed by atoms with Crippen LogP contribution >= 0.6 is 0 Å². The Bertz CT molecular complexity index is 329. The number of nitrogens with one attached hydrogen (secondary N) is 1. The molecule has 0 bridgehead atoms. The van der Waals surface area contributed by atoms with Crippen molar-refractivity contribution in [2.24, 2.45) is 0 Å².